The lowest BCUT2D eigenvalue weighted by Crippen LogP contribution is -2.18. The van der Waals surface area contributed by atoms with Gasteiger partial charge in [-0.2, -0.15) is 4.74 Å². The van der Waals surface area contributed by atoms with Gasteiger partial charge in [-0.25, -0.2) is 8.78 Å². The molecule has 0 fully saturated rings. The van der Waals surface area contributed by atoms with E-state index in [4.69, 9.17) is 0 Å². The molecular weight excluding hydrogens is 252 g/mol. The maximum absolute atomic E-state index is 13.7. The quantitative estimate of drug-likeness (QED) is 0.583. The summed E-state index contributed by atoms with van der Waals surface area (Å²) in [6, 6.07) is 9.16. The molecule has 0 aromatic heterocycles. The van der Waals surface area contributed by atoms with Crippen molar-refractivity contribution < 1.29 is 18.3 Å². The van der Waals surface area contributed by atoms with E-state index in [0.29, 0.717) is 0 Å². The molecule has 0 atom stereocenters. The van der Waals surface area contributed by atoms with Crippen LogP contribution in [-0.2, 0) is 0 Å². The Balaban J connectivity index is 2.27. The second kappa shape index (κ2) is 3.98. The second-order valence-corrected chi connectivity index (χ2v) is 4.09. The highest BCUT2D eigenvalue weighted by atomic mass is 19.1. The molecule has 3 nitrogen and oxygen atoms in total. The molecule has 1 aliphatic rings. The fourth-order valence-corrected chi connectivity index (χ4v) is 2.12. The molecule has 19 heavy (non-hydrogen) atoms. The van der Waals surface area contributed by atoms with Crippen molar-refractivity contribution in [1.82, 2.24) is 0 Å². The van der Waals surface area contributed by atoms with Gasteiger partial charge in [0.25, 0.3) is 11.5 Å². The Kier molecular flexibility index (Phi) is 2.41. The Morgan fingerprint density at radius 3 is 2.32 bits per heavy atom. The lowest BCUT2D eigenvalue weighted by atomic mass is 10.0. The topological polar surface area (TPSA) is 43.1 Å². The summed E-state index contributed by atoms with van der Waals surface area (Å²) in [6.07, 6.45) is 0. The Morgan fingerprint density at radius 2 is 1.63 bits per heavy atom. The van der Waals surface area contributed by atoms with Crippen LogP contribution in [0, 0.1) is 16.8 Å². The highest BCUT2D eigenvalue weighted by Gasteiger charge is 2.40. The molecule has 0 bridgehead atoms. The Morgan fingerprint density at radius 1 is 0.947 bits per heavy atom. The normalized spacial score (nSPS) is 13.9. The molecule has 1 aliphatic heterocycles. The van der Waals surface area contributed by atoms with Gasteiger partial charge in [-0.15, -0.1) is 0 Å². The number of ketones is 1. The van der Waals surface area contributed by atoms with E-state index in [2.05, 4.69) is 0 Å². The third kappa shape index (κ3) is 1.55. The number of hydrogen-bond acceptors (Lipinski definition) is 2. The van der Waals surface area contributed by atoms with Crippen LogP contribution in [0.3, 0.4) is 0 Å². The second-order valence-electron chi connectivity index (χ2n) is 4.09. The summed E-state index contributed by atoms with van der Waals surface area (Å²) < 4.78 is 27.6. The minimum atomic E-state index is -0.798. The van der Waals surface area contributed by atoms with Gasteiger partial charge in [-0.1, -0.05) is 18.2 Å². The highest BCUT2D eigenvalue weighted by molar-refractivity contribution is 6.52. The first-order chi connectivity index (χ1) is 9.11. The van der Waals surface area contributed by atoms with Crippen molar-refractivity contribution >= 4 is 17.2 Å². The van der Waals surface area contributed by atoms with Crippen LogP contribution in [-0.4, -0.2) is 16.2 Å². The van der Waals surface area contributed by atoms with E-state index in [1.807, 2.05) is 0 Å². The summed E-state index contributed by atoms with van der Waals surface area (Å²) in [5.41, 5.74) is -0.921. The minimum absolute atomic E-state index is 0.0942. The van der Waals surface area contributed by atoms with Crippen LogP contribution in [0.2, 0.25) is 0 Å². The fraction of sp³-hybridized carbons (Fsp3) is 0. The van der Waals surface area contributed by atoms with Crippen LogP contribution in [0.1, 0.15) is 15.9 Å². The van der Waals surface area contributed by atoms with E-state index in [-0.39, 0.29) is 21.6 Å². The molecule has 2 aromatic carbocycles. The summed E-state index contributed by atoms with van der Waals surface area (Å²) in [5.74, 6) is -2.28. The van der Waals surface area contributed by atoms with Crippen molar-refractivity contribution in [2.24, 2.45) is 0 Å². The summed E-state index contributed by atoms with van der Waals surface area (Å²) in [4.78, 5) is 12.1. The van der Waals surface area contributed by atoms with Gasteiger partial charge >= 0.3 is 0 Å². The smallest absolute Gasteiger partial charge is 0.276 e. The van der Waals surface area contributed by atoms with Crippen molar-refractivity contribution in [3.8, 4) is 0 Å². The van der Waals surface area contributed by atoms with Crippen LogP contribution in [0.25, 0.3) is 0 Å². The van der Waals surface area contributed by atoms with Crippen LogP contribution < -0.4 is 0 Å². The van der Waals surface area contributed by atoms with Gasteiger partial charge in [0.2, 0.25) is 5.69 Å². The van der Waals surface area contributed by atoms with Crippen LogP contribution in [0.5, 0.6) is 0 Å². The van der Waals surface area contributed by atoms with Gasteiger partial charge in [-0.3, -0.25) is 4.79 Å². The Bertz CT molecular complexity index is 738. The molecule has 2 aromatic rings. The van der Waals surface area contributed by atoms with Crippen molar-refractivity contribution in [1.29, 1.82) is 0 Å². The van der Waals surface area contributed by atoms with Crippen LogP contribution in [0.4, 0.5) is 14.5 Å². The van der Waals surface area contributed by atoms with E-state index < -0.39 is 23.1 Å². The number of benzene rings is 2. The molecule has 0 saturated heterocycles. The largest absolute Gasteiger partial charge is 0.618 e. The number of hydrogen-bond donors (Lipinski definition) is 0. The van der Waals surface area contributed by atoms with Crippen LogP contribution in [0.15, 0.2) is 42.5 Å². The van der Waals surface area contributed by atoms with Gasteiger partial charge in [-0.05, 0) is 18.2 Å². The molecule has 0 unspecified atom stereocenters. The van der Waals surface area contributed by atoms with E-state index in [9.17, 15) is 18.8 Å². The predicted octanol–water partition coefficient (Wildman–Crippen LogP) is 2.79. The first kappa shape index (κ1) is 11.5. The number of halogens is 2. The molecule has 0 spiro atoms. The molecule has 0 amide bonds. The van der Waals surface area contributed by atoms with Gasteiger partial charge in [0.1, 0.15) is 17.2 Å². The maximum Gasteiger partial charge on any atom is 0.276 e. The van der Waals surface area contributed by atoms with Crippen molar-refractivity contribution in [3.05, 3.63) is 70.4 Å². The van der Waals surface area contributed by atoms with Crippen LogP contribution >= 0.6 is 0 Å². The summed E-state index contributed by atoms with van der Waals surface area (Å²) >= 11 is 0. The van der Waals surface area contributed by atoms with E-state index >= 15 is 0 Å². The van der Waals surface area contributed by atoms with E-state index in [1.54, 1.807) is 0 Å². The lowest BCUT2D eigenvalue weighted by molar-refractivity contribution is -0.355. The molecule has 0 radical (unpaired) electrons. The number of nitrogens with zero attached hydrogens (tertiary/aromatic N) is 1. The first-order valence-electron chi connectivity index (χ1n) is 5.53. The zero-order valence-electron chi connectivity index (χ0n) is 9.56. The van der Waals surface area contributed by atoms with Crippen molar-refractivity contribution in [3.63, 3.8) is 0 Å². The molecule has 0 N–H and O–H groups in total. The standard InChI is InChI=1S/C14H7F2NO2/c15-9-5-2-1-4-8(9)13-14(18)12-10(16)6-3-7-11(12)17(13)19/h1-7H. The third-order valence-corrected chi connectivity index (χ3v) is 2.98. The Hall–Kier alpha value is -2.56. The van der Waals surface area contributed by atoms with Gasteiger partial charge in [0.05, 0.1) is 5.56 Å². The van der Waals surface area contributed by atoms with Crippen molar-refractivity contribution in [2.75, 3.05) is 0 Å². The third-order valence-electron chi connectivity index (χ3n) is 2.98. The fourth-order valence-electron chi connectivity index (χ4n) is 2.12. The Labute approximate surface area is 107 Å². The molecule has 5 heteroatoms. The summed E-state index contributed by atoms with van der Waals surface area (Å²) in [6.45, 7) is 0. The van der Waals surface area contributed by atoms with Gasteiger partial charge < -0.3 is 5.21 Å². The number of fused-ring (bicyclic) bond motifs is 1. The van der Waals surface area contributed by atoms with Gasteiger partial charge in [0, 0.05) is 6.07 Å². The average Bonchev–Trinajstić information content (AvgIpc) is 2.64. The number of carbonyl (C=O) groups is 1. The first-order valence-corrected chi connectivity index (χ1v) is 5.53. The molecule has 0 aliphatic carbocycles. The molecule has 94 valence electrons. The minimum Gasteiger partial charge on any atom is -0.618 e. The molecule has 3 rings (SSSR count). The SMILES string of the molecule is O=C1C(c2ccccc2F)=[N+]([O-])c2cccc(F)c21. The van der Waals surface area contributed by atoms with E-state index in [0.717, 1.165) is 12.1 Å². The zero-order chi connectivity index (χ0) is 13.6. The molecule has 0 saturated carbocycles. The summed E-state index contributed by atoms with van der Waals surface area (Å²) in [5, 5.41) is 12.0. The van der Waals surface area contributed by atoms with Crippen molar-refractivity contribution in [2.45, 2.75) is 0 Å². The average molecular weight is 259 g/mol. The number of Topliss-reactive ketones (excluding diaryl/α,β-unsaturated/α-hetero) is 1. The monoisotopic (exact) mass is 259 g/mol. The number of carbonyl (C=O) groups excluding carboxylic acids is 1. The highest BCUT2D eigenvalue weighted by Crippen LogP contribution is 2.30. The molecular formula is C14H7F2NO2. The number of rotatable bonds is 1. The maximum atomic E-state index is 13.7. The zero-order valence-corrected chi connectivity index (χ0v) is 9.56. The van der Waals surface area contributed by atoms with Gasteiger partial charge in [0.15, 0.2) is 0 Å². The van der Waals surface area contributed by atoms with E-state index in [1.165, 1.54) is 30.3 Å². The lowest BCUT2D eigenvalue weighted by Gasteiger charge is -2.02. The molecule has 1 heterocycles. The predicted molar refractivity (Wildman–Crippen MR) is 64.5 cm³/mol. The summed E-state index contributed by atoms with van der Waals surface area (Å²) in [7, 11) is 0.